The van der Waals surface area contributed by atoms with Gasteiger partial charge in [-0.05, 0) is 63.7 Å². The Balaban J connectivity index is 1.95. The zero-order chi connectivity index (χ0) is 19.1. The summed E-state index contributed by atoms with van der Waals surface area (Å²) >= 11 is 0. The van der Waals surface area contributed by atoms with Gasteiger partial charge in [-0.1, -0.05) is 0 Å². The van der Waals surface area contributed by atoms with E-state index in [-0.39, 0.29) is 10.9 Å². The summed E-state index contributed by atoms with van der Waals surface area (Å²) in [4.78, 5) is 2.21. The van der Waals surface area contributed by atoms with E-state index in [0.717, 1.165) is 30.8 Å². The first-order chi connectivity index (χ1) is 12.2. The van der Waals surface area contributed by atoms with Gasteiger partial charge in [0.1, 0.15) is 5.82 Å². The first kappa shape index (κ1) is 19.0. The predicted molar refractivity (Wildman–Crippen MR) is 97.6 cm³/mol. The SMILES string of the molecule is Cc1cc(F)ccc1S(=O)(=O)N1CCC[C@@H]1c1cc(CN(C)C)n(C)n1. The lowest BCUT2D eigenvalue weighted by molar-refractivity contribution is 0.384. The lowest BCUT2D eigenvalue weighted by atomic mass is 10.1. The maximum atomic E-state index is 13.4. The highest BCUT2D eigenvalue weighted by Crippen LogP contribution is 2.37. The van der Waals surface area contributed by atoms with Gasteiger partial charge in [0, 0.05) is 20.1 Å². The summed E-state index contributed by atoms with van der Waals surface area (Å²) in [5, 5.41) is 4.56. The van der Waals surface area contributed by atoms with Crippen LogP contribution in [0.1, 0.15) is 35.8 Å². The van der Waals surface area contributed by atoms with Gasteiger partial charge < -0.3 is 4.90 Å². The van der Waals surface area contributed by atoms with Gasteiger partial charge in [0.25, 0.3) is 0 Å². The van der Waals surface area contributed by atoms with Crippen LogP contribution >= 0.6 is 0 Å². The molecule has 8 heteroatoms. The van der Waals surface area contributed by atoms with E-state index in [1.165, 1.54) is 22.5 Å². The number of hydrogen-bond acceptors (Lipinski definition) is 4. The number of rotatable bonds is 5. The Morgan fingerprint density at radius 1 is 1.31 bits per heavy atom. The van der Waals surface area contributed by atoms with E-state index < -0.39 is 15.8 Å². The Morgan fingerprint density at radius 3 is 2.69 bits per heavy atom. The zero-order valence-corrected chi connectivity index (χ0v) is 16.4. The maximum absolute atomic E-state index is 13.4. The summed E-state index contributed by atoms with van der Waals surface area (Å²) in [6, 6.07) is 5.50. The summed E-state index contributed by atoms with van der Waals surface area (Å²) < 4.78 is 43.1. The van der Waals surface area contributed by atoms with Crippen molar-refractivity contribution in [2.75, 3.05) is 20.6 Å². The first-order valence-corrected chi connectivity index (χ1v) is 10.1. The van der Waals surface area contributed by atoms with Gasteiger partial charge in [-0.15, -0.1) is 0 Å². The molecule has 0 aliphatic carbocycles. The minimum atomic E-state index is -3.70. The second-order valence-corrected chi connectivity index (χ2v) is 8.96. The third-order valence-corrected chi connectivity index (χ3v) is 6.81. The highest BCUT2D eigenvalue weighted by Gasteiger charge is 2.38. The maximum Gasteiger partial charge on any atom is 0.243 e. The van der Waals surface area contributed by atoms with Crippen molar-refractivity contribution in [1.82, 2.24) is 19.0 Å². The Bertz CT molecular complexity index is 908. The number of sulfonamides is 1. The van der Waals surface area contributed by atoms with Gasteiger partial charge in [0.05, 0.1) is 22.3 Å². The molecule has 1 aliphatic rings. The van der Waals surface area contributed by atoms with Crippen LogP contribution in [-0.2, 0) is 23.6 Å². The fraction of sp³-hybridized carbons (Fsp3) is 0.500. The molecule has 142 valence electrons. The molecule has 1 atom stereocenters. The van der Waals surface area contributed by atoms with E-state index in [1.54, 1.807) is 6.92 Å². The molecule has 0 unspecified atom stereocenters. The van der Waals surface area contributed by atoms with E-state index in [4.69, 9.17) is 0 Å². The van der Waals surface area contributed by atoms with Gasteiger partial charge in [-0.3, -0.25) is 4.68 Å². The number of benzene rings is 1. The second kappa shape index (κ2) is 7.09. The molecule has 1 aromatic heterocycles. The Kier molecular flexibility index (Phi) is 5.18. The molecule has 1 aromatic carbocycles. The van der Waals surface area contributed by atoms with Crippen molar-refractivity contribution in [2.45, 2.75) is 37.2 Å². The number of halogens is 1. The summed E-state index contributed by atoms with van der Waals surface area (Å²) in [5.74, 6) is -0.433. The van der Waals surface area contributed by atoms with Crippen molar-refractivity contribution in [3.05, 3.63) is 47.0 Å². The fourth-order valence-corrected chi connectivity index (χ4v) is 5.39. The van der Waals surface area contributed by atoms with E-state index in [2.05, 4.69) is 5.10 Å². The quantitative estimate of drug-likeness (QED) is 0.800. The standard InChI is InChI=1S/C18H25FN4O2S/c1-13-10-14(19)7-8-18(13)26(24,25)23-9-5-6-17(23)16-11-15(12-21(2)3)22(4)20-16/h7-8,10-11,17H,5-6,9,12H2,1-4H3/t17-/m1/s1. The molecular formula is C18H25FN4O2S. The second-order valence-electron chi connectivity index (χ2n) is 7.11. The van der Waals surface area contributed by atoms with Crippen molar-refractivity contribution in [3.63, 3.8) is 0 Å². The smallest absolute Gasteiger partial charge is 0.243 e. The molecule has 26 heavy (non-hydrogen) atoms. The molecule has 0 amide bonds. The molecule has 1 aliphatic heterocycles. The van der Waals surface area contributed by atoms with Crippen molar-refractivity contribution in [1.29, 1.82) is 0 Å². The zero-order valence-electron chi connectivity index (χ0n) is 15.6. The highest BCUT2D eigenvalue weighted by atomic mass is 32.2. The minimum Gasteiger partial charge on any atom is -0.304 e. The van der Waals surface area contributed by atoms with Crippen molar-refractivity contribution in [3.8, 4) is 0 Å². The van der Waals surface area contributed by atoms with Crippen molar-refractivity contribution in [2.24, 2.45) is 7.05 Å². The third-order valence-electron chi connectivity index (χ3n) is 4.74. The molecule has 0 radical (unpaired) electrons. The number of nitrogens with zero attached hydrogens (tertiary/aromatic N) is 4. The van der Waals surface area contributed by atoms with Crippen LogP contribution < -0.4 is 0 Å². The van der Waals surface area contributed by atoms with Gasteiger partial charge >= 0.3 is 0 Å². The molecule has 0 spiro atoms. The van der Waals surface area contributed by atoms with Crippen LogP contribution in [0.2, 0.25) is 0 Å². The number of hydrogen-bond donors (Lipinski definition) is 0. The Hall–Kier alpha value is -1.77. The fourth-order valence-electron chi connectivity index (χ4n) is 3.52. The minimum absolute atomic E-state index is 0.162. The lowest BCUT2D eigenvalue weighted by Gasteiger charge is -2.23. The average Bonchev–Trinajstić information content (AvgIpc) is 3.14. The van der Waals surface area contributed by atoms with Crippen LogP contribution in [0.4, 0.5) is 4.39 Å². The molecule has 2 heterocycles. The molecule has 1 saturated heterocycles. The monoisotopic (exact) mass is 380 g/mol. The van der Waals surface area contributed by atoms with Gasteiger partial charge in [-0.2, -0.15) is 9.40 Å². The van der Waals surface area contributed by atoms with Crippen LogP contribution in [0.3, 0.4) is 0 Å². The molecule has 3 rings (SSSR count). The Labute approximate surface area is 154 Å². The summed E-state index contributed by atoms with van der Waals surface area (Å²) in [6.07, 6.45) is 1.52. The average molecular weight is 380 g/mol. The molecule has 6 nitrogen and oxygen atoms in total. The van der Waals surface area contributed by atoms with E-state index in [9.17, 15) is 12.8 Å². The van der Waals surface area contributed by atoms with Gasteiger partial charge in [0.2, 0.25) is 10.0 Å². The summed E-state index contributed by atoms with van der Waals surface area (Å²) in [6.45, 7) is 2.81. The van der Waals surface area contributed by atoms with E-state index in [1.807, 2.05) is 36.8 Å². The van der Waals surface area contributed by atoms with Crippen molar-refractivity contribution >= 4 is 10.0 Å². The van der Waals surface area contributed by atoms with Crippen LogP contribution in [0.5, 0.6) is 0 Å². The van der Waals surface area contributed by atoms with Crippen LogP contribution in [0.25, 0.3) is 0 Å². The molecule has 1 fully saturated rings. The Morgan fingerprint density at radius 2 is 2.04 bits per heavy atom. The van der Waals surface area contributed by atoms with Crippen molar-refractivity contribution < 1.29 is 12.8 Å². The molecule has 0 bridgehead atoms. The van der Waals surface area contributed by atoms with Gasteiger partial charge in [0.15, 0.2) is 0 Å². The molecule has 2 aromatic rings. The molecule has 0 N–H and O–H groups in total. The molecular weight excluding hydrogens is 355 g/mol. The lowest BCUT2D eigenvalue weighted by Crippen LogP contribution is -2.31. The largest absolute Gasteiger partial charge is 0.304 e. The van der Waals surface area contributed by atoms with Gasteiger partial charge in [-0.25, -0.2) is 12.8 Å². The predicted octanol–water partition coefficient (Wildman–Crippen LogP) is 2.46. The van der Waals surface area contributed by atoms with E-state index >= 15 is 0 Å². The normalized spacial score (nSPS) is 18.8. The summed E-state index contributed by atoms with van der Waals surface area (Å²) in [5.41, 5.74) is 2.22. The van der Waals surface area contributed by atoms with Crippen LogP contribution in [0, 0.1) is 12.7 Å². The first-order valence-electron chi connectivity index (χ1n) is 8.65. The topological polar surface area (TPSA) is 58.4 Å². The third kappa shape index (κ3) is 3.54. The summed E-state index contributed by atoms with van der Waals surface area (Å²) in [7, 11) is 2.14. The van der Waals surface area contributed by atoms with Crippen LogP contribution in [0.15, 0.2) is 29.2 Å². The molecule has 0 saturated carbocycles. The van der Waals surface area contributed by atoms with Crippen LogP contribution in [-0.4, -0.2) is 48.0 Å². The highest BCUT2D eigenvalue weighted by molar-refractivity contribution is 7.89. The number of aryl methyl sites for hydroxylation is 2. The number of aromatic nitrogens is 2. The van der Waals surface area contributed by atoms with E-state index in [0.29, 0.717) is 12.1 Å².